The van der Waals surface area contributed by atoms with Gasteiger partial charge in [-0.1, -0.05) is 19.9 Å². The van der Waals surface area contributed by atoms with E-state index in [1.807, 2.05) is 6.07 Å². The minimum atomic E-state index is -0.0673. The van der Waals surface area contributed by atoms with Crippen molar-refractivity contribution in [3.8, 4) is 0 Å². The molecule has 1 unspecified atom stereocenters. The van der Waals surface area contributed by atoms with E-state index in [1.165, 1.54) is 0 Å². The number of halogens is 1. The quantitative estimate of drug-likeness (QED) is 0.842. The molecule has 0 aromatic heterocycles. The van der Waals surface area contributed by atoms with Gasteiger partial charge in [0, 0.05) is 45.4 Å². The number of hydrogen-bond acceptors (Lipinski definition) is 3. The van der Waals surface area contributed by atoms with Crippen LogP contribution in [0.15, 0.2) is 18.2 Å². The summed E-state index contributed by atoms with van der Waals surface area (Å²) >= 11 is 0. The average Bonchev–Trinajstić information content (AvgIpc) is 2.62. The molecule has 2 saturated heterocycles. The third-order valence-electron chi connectivity index (χ3n) is 5.52. The average molecular weight is 320 g/mol. The molecule has 23 heavy (non-hydrogen) atoms. The standard InChI is InChI=1S/C19H29FN2O/c1-3-15(2)16-4-5-19(18(20)14-16)22-10-8-21(9-11-22)17-6-12-23-13-7-17/h4-5,14-15,17H,3,6-13H2,1-2H3. The Bertz CT molecular complexity index is 508. The zero-order chi connectivity index (χ0) is 16.2. The SMILES string of the molecule is CCC(C)c1ccc(N2CCN(C3CCOCC3)CC2)c(F)c1. The Balaban J connectivity index is 1.61. The van der Waals surface area contributed by atoms with Crippen molar-refractivity contribution in [3.63, 3.8) is 0 Å². The van der Waals surface area contributed by atoms with Crippen molar-refractivity contribution < 1.29 is 9.13 Å². The summed E-state index contributed by atoms with van der Waals surface area (Å²) in [6.45, 7) is 9.95. The van der Waals surface area contributed by atoms with Gasteiger partial charge in [-0.2, -0.15) is 0 Å². The van der Waals surface area contributed by atoms with E-state index in [0.29, 0.717) is 12.0 Å². The molecule has 0 aliphatic carbocycles. The van der Waals surface area contributed by atoms with Crippen molar-refractivity contribution in [2.24, 2.45) is 0 Å². The van der Waals surface area contributed by atoms with Crippen LogP contribution in [0.1, 0.15) is 44.6 Å². The van der Waals surface area contributed by atoms with Crippen LogP contribution in [0, 0.1) is 5.82 Å². The van der Waals surface area contributed by atoms with Gasteiger partial charge in [-0.15, -0.1) is 0 Å². The van der Waals surface area contributed by atoms with Gasteiger partial charge in [-0.05, 0) is 42.9 Å². The van der Waals surface area contributed by atoms with Crippen LogP contribution in [0.5, 0.6) is 0 Å². The Kier molecular flexibility index (Phi) is 5.54. The fraction of sp³-hybridized carbons (Fsp3) is 0.684. The van der Waals surface area contributed by atoms with Crippen molar-refractivity contribution >= 4 is 5.69 Å². The lowest BCUT2D eigenvalue weighted by atomic mass is 9.98. The normalized spacial score (nSPS) is 22.3. The number of ether oxygens (including phenoxy) is 1. The summed E-state index contributed by atoms with van der Waals surface area (Å²) in [6.07, 6.45) is 3.32. The first-order chi connectivity index (χ1) is 11.2. The van der Waals surface area contributed by atoms with Crippen LogP contribution in [-0.2, 0) is 4.74 Å². The lowest BCUT2D eigenvalue weighted by Crippen LogP contribution is -2.51. The van der Waals surface area contributed by atoms with Crippen LogP contribution in [0.25, 0.3) is 0 Å². The molecular formula is C19H29FN2O. The summed E-state index contributed by atoms with van der Waals surface area (Å²) in [4.78, 5) is 4.76. The van der Waals surface area contributed by atoms with Crippen molar-refractivity contribution in [1.29, 1.82) is 0 Å². The van der Waals surface area contributed by atoms with E-state index in [9.17, 15) is 4.39 Å². The third-order valence-corrected chi connectivity index (χ3v) is 5.52. The zero-order valence-corrected chi connectivity index (χ0v) is 14.4. The molecule has 0 spiro atoms. The molecule has 0 N–H and O–H groups in total. The maximum atomic E-state index is 14.5. The van der Waals surface area contributed by atoms with Crippen molar-refractivity contribution in [2.45, 2.75) is 45.1 Å². The molecule has 0 bridgehead atoms. The van der Waals surface area contributed by atoms with Crippen LogP contribution >= 0.6 is 0 Å². The van der Waals surface area contributed by atoms with Gasteiger partial charge >= 0.3 is 0 Å². The Hall–Kier alpha value is -1.13. The summed E-state index contributed by atoms with van der Waals surface area (Å²) in [5, 5.41) is 0. The van der Waals surface area contributed by atoms with E-state index >= 15 is 0 Å². The fourth-order valence-electron chi connectivity index (χ4n) is 3.70. The minimum Gasteiger partial charge on any atom is -0.381 e. The molecule has 0 radical (unpaired) electrons. The highest BCUT2D eigenvalue weighted by molar-refractivity contribution is 5.50. The number of piperazine rings is 1. The Morgan fingerprint density at radius 1 is 1.17 bits per heavy atom. The van der Waals surface area contributed by atoms with Gasteiger partial charge in [-0.25, -0.2) is 4.39 Å². The molecule has 0 amide bonds. The summed E-state index contributed by atoms with van der Waals surface area (Å²) in [5.41, 5.74) is 1.87. The van der Waals surface area contributed by atoms with Gasteiger partial charge in [0.05, 0.1) is 5.69 Å². The molecule has 0 saturated carbocycles. The number of rotatable bonds is 4. The van der Waals surface area contributed by atoms with E-state index in [4.69, 9.17) is 4.74 Å². The predicted octanol–water partition coefficient (Wildman–Crippen LogP) is 3.64. The van der Waals surface area contributed by atoms with E-state index in [-0.39, 0.29) is 5.82 Å². The van der Waals surface area contributed by atoms with Gasteiger partial charge < -0.3 is 9.64 Å². The highest BCUT2D eigenvalue weighted by Gasteiger charge is 2.26. The van der Waals surface area contributed by atoms with Gasteiger partial charge in [0.25, 0.3) is 0 Å². The van der Waals surface area contributed by atoms with E-state index in [0.717, 1.165) is 69.9 Å². The number of anilines is 1. The first kappa shape index (κ1) is 16.7. The van der Waals surface area contributed by atoms with Crippen LogP contribution < -0.4 is 4.90 Å². The molecule has 1 aromatic rings. The largest absolute Gasteiger partial charge is 0.381 e. The Labute approximate surface area is 139 Å². The second-order valence-corrected chi connectivity index (χ2v) is 6.89. The van der Waals surface area contributed by atoms with E-state index in [2.05, 4.69) is 29.7 Å². The second-order valence-electron chi connectivity index (χ2n) is 6.89. The van der Waals surface area contributed by atoms with E-state index < -0.39 is 0 Å². The van der Waals surface area contributed by atoms with Crippen LogP contribution in [-0.4, -0.2) is 50.3 Å². The highest BCUT2D eigenvalue weighted by Crippen LogP contribution is 2.27. The molecule has 3 rings (SSSR count). The lowest BCUT2D eigenvalue weighted by molar-refractivity contribution is 0.0321. The van der Waals surface area contributed by atoms with Crippen LogP contribution in [0.3, 0.4) is 0 Å². The molecule has 2 aliphatic rings. The molecule has 2 fully saturated rings. The topological polar surface area (TPSA) is 15.7 Å². The zero-order valence-electron chi connectivity index (χ0n) is 14.4. The minimum absolute atomic E-state index is 0.0673. The maximum absolute atomic E-state index is 14.5. The fourth-order valence-corrected chi connectivity index (χ4v) is 3.70. The lowest BCUT2D eigenvalue weighted by Gasteiger charge is -2.41. The summed E-state index contributed by atoms with van der Waals surface area (Å²) in [6, 6.07) is 6.45. The second kappa shape index (κ2) is 7.63. The molecular weight excluding hydrogens is 291 g/mol. The third kappa shape index (κ3) is 3.86. The predicted molar refractivity (Wildman–Crippen MR) is 92.7 cm³/mol. The number of hydrogen-bond donors (Lipinski definition) is 0. The maximum Gasteiger partial charge on any atom is 0.146 e. The molecule has 4 heteroatoms. The van der Waals surface area contributed by atoms with Crippen LogP contribution in [0.4, 0.5) is 10.1 Å². The van der Waals surface area contributed by atoms with Gasteiger partial charge in [0.1, 0.15) is 5.82 Å². The van der Waals surface area contributed by atoms with Gasteiger partial charge in [0.2, 0.25) is 0 Å². The first-order valence-corrected chi connectivity index (χ1v) is 9.05. The molecule has 2 aliphatic heterocycles. The molecule has 2 heterocycles. The van der Waals surface area contributed by atoms with Crippen LogP contribution in [0.2, 0.25) is 0 Å². The number of benzene rings is 1. The molecule has 128 valence electrons. The van der Waals surface area contributed by atoms with Gasteiger partial charge in [0.15, 0.2) is 0 Å². The molecule has 1 aromatic carbocycles. The monoisotopic (exact) mass is 320 g/mol. The van der Waals surface area contributed by atoms with Crippen molar-refractivity contribution in [3.05, 3.63) is 29.6 Å². The summed E-state index contributed by atoms with van der Waals surface area (Å²) < 4.78 is 20.0. The Morgan fingerprint density at radius 3 is 2.48 bits per heavy atom. The Morgan fingerprint density at radius 2 is 1.87 bits per heavy atom. The van der Waals surface area contributed by atoms with Gasteiger partial charge in [-0.3, -0.25) is 4.90 Å². The van der Waals surface area contributed by atoms with Crippen molar-refractivity contribution in [2.75, 3.05) is 44.3 Å². The molecule has 1 atom stereocenters. The van der Waals surface area contributed by atoms with E-state index in [1.54, 1.807) is 6.07 Å². The number of nitrogens with zero attached hydrogens (tertiary/aromatic N) is 2. The smallest absolute Gasteiger partial charge is 0.146 e. The highest BCUT2D eigenvalue weighted by atomic mass is 19.1. The summed E-state index contributed by atoms with van der Waals surface area (Å²) in [5.74, 6) is 0.353. The van der Waals surface area contributed by atoms with Crippen molar-refractivity contribution in [1.82, 2.24) is 4.90 Å². The first-order valence-electron chi connectivity index (χ1n) is 9.05. The molecule has 3 nitrogen and oxygen atoms in total. The summed E-state index contributed by atoms with van der Waals surface area (Å²) in [7, 11) is 0.